The van der Waals surface area contributed by atoms with Crippen LogP contribution in [0.5, 0.6) is 5.75 Å². The Balaban J connectivity index is 3.05. The lowest BCUT2D eigenvalue weighted by Gasteiger charge is -2.24. The van der Waals surface area contributed by atoms with Gasteiger partial charge < -0.3 is 15.8 Å². The van der Waals surface area contributed by atoms with E-state index in [1.54, 1.807) is 19.1 Å². The quantitative estimate of drug-likeness (QED) is 0.804. The highest BCUT2D eigenvalue weighted by Crippen LogP contribution is 2.37. The molecule has 112 valence electrons. The molecule has 3 N–H and O–H groups in total. The summed E-state index contributed by atoms with van der Waals surface area (Å²) >= 11 is 9.39. The van der Waals surface area contributed by atoms with Gasteiger partial charge in [0.2, 0.25) is 5.91 Å². The number of anilines is 1. The van der Waals surface area contributed by atoms with Crippen molar-refractivity contribution in [1.29, 1.82) is 0 Å². The minimum Gasteiger partial charge on any atom is -0.491 e. The third-order valence-corrected chi connectivity index (χ3v) is 3.64. The van der Waals surface area contributed by atoms with E-state index in [0.29, 0.717) is 34.0 Å². The molecule has 0 heterocycles. The number of halogens is 2. The summed E-state index contributed by atoms with van der Waals surface area (Å²) in [6.07, 6.45) is 1.43. The molecule has 0 aromatic heterocycles. The molecule has 20 heavy (non-hydrogen) atoms. The first-order chi connectivity index (χ1) is 9.31. The molecule has 0 aliphatic heterocycles. The number of carbonyl (C=O) groups excluding carboxylic acids is 1. The lowest BCUT2D eigenvalue weighted by atomic mass is 9.96. The fourth-order valence-electron chi connectivity index (χ4n) is 1.84. The SMILES string of the molecule is CCCC(C)(N)C(=O)Nc1cc(Cl)cc(Br)c1OCC. The van der Waals surface area contributed by atoms with E-state index in [2.05, 4.69) is 21.2 Å². The summed E-state index contributed by atoms with van der Waals surface area (Å²) in [5.41, 5.74) is 5.62. The van der Waals surface area contributed by atoms with Crippen LogP contribution >= 0.6 is 27.5 Å². The molecule has 0 bridgehead atoms. The van der Waals surface area contributed by atoms with Gasteiger partial charge in [0, 0.05) is 5.02 Å². The number of hydrogen-bond donors (Lipinski definition) is 2. The van der Waals surface area contributed by atoms with Crippen molar-refractivity contribution in [3.05, 3.63) is 21.6 Å². The van der Waals surface area contributed by atoms with Crippen LogP contribution in [0.15, 0.2) is 16.6 Å². The van der Waals surface area contributed by atoms with Crippen LogP contribution in [0, 0.1) is 0 Å². The molecule has 1 aromatic rings. The monoisotopic (exact) mass is 362 g/mol. The first kappa shape index (κ1) is 17.3. The fourth-order valence-corrected chi connectivity index (χ4v) is 2.77. The fraction of sp³-hybridized carbons (Fsp3) is 0.500. The molecule has 1 rings (SSSR count). The summed E-state index contributed by atoms with van der Waals surface area (Å²) in [6, 6.07) is 3.37. The van der Waals surface area contributed by atoms with Crippen LogP contribution in [0.25, 0.3) is 0 Å². The van der Waals surface area contributed by atoms with Crippen LogP contribution in [0.2, 0.25) is 5.02 Å². The number of nitrogens with one attached hydrogen (secondary N) is 1. The highest BCUT2D eigenvalue weighted by molar-refractivity contribution is 9.10. The lowest BCUT2D eigenvalue weighted by Crippen LogP contribution is -2.48. The van der Waals surface area contributed by atoms with Gasteiger partial charge >= 0.3 is 0 Å². The lowest BCUT2D eigenvalue weighted by molar-refractivity contribution is -0.120. The van der Waals surface area contributed by atoms with Gasteiger partial charge in [-0.25, -0.2) is 0 Å². The molecule has 0 aliphatic carbocycles. The second-order valence-corrected chi connectivity index (χ2v) is 6.11. The standard InChI is InChI=1S/C14H20BrClN2O2/c1-4-6-14(3,17)13(19)18-11-8-9(16)7-10(15)12(11)20-5-2/h7-8H,4-6,17H2,1-3H3,(H,18,19). The maximum absolute atomic E-state index is 12.3. The number of benzene rings is 1. The van der Waals surface area contributed by atoms with Gasteiger partial charge in [0.05, 0.1) is 22.3 Å². The van der Waals surface area contributed by atoms with Crippen LogP contribution < -0.4 is 15.8 Å². The number of carbonyl (C=O) groups is 1. The van der Waals surface area contributed by atoms with Gasteiger partial charge in [-0.05, 0) is 48.3 Å². The molecule has 0 radical (unpaired) electrons. The zero-order valence-corrected chi connectivity index (χ0v) is 14.3. The Hall–Kier alpha value is -0.780. The van der Waals surface area contributed by atoms with E-state index < -0.39 is 5.54 Å². The highest BCUT2D eigenvalue weighted by Gasteiger charge is 2.28. The van der Waals surface area contributed by atoms with Gasteiger partial charge in [0.1, 0.15) is 0 Å². The second-order valence-electron chi connectivity index (χ2n) is 4.82. The maximum Gasteiger partial charge on any atom is 0.244 e. The number of nitrogens with two attached hydrogens (primary N) is 1. The van der Waals surface area contributed by atoms with Crippen LogP contribution in [-0.4, -0.2) is 18.1 Å². The third kappa shape index (κ3) is 4.36. The Morgan fingerprint density at radius 1 is 1.50 bits per heavy atom. The third-order valence-electron chi connectivity index (χ3n) is 2.83. The molecule has 0 spiro atoms. The first-order valence-electron chi connectivity index (χ1n) is 6.54. The van der Waals surface area contributed by atoms with E-state index in [9.17, 15) is 4.79 Å². The molecule has 6 heteroatoms. The van der Waals surface area contributed by atoms with Crippen molar-refractivity contribution >= 4 is 39.1 Å². The topological polar surface area (TPSA) is 64.4 Å². The number of hydrogen-bond acceptors (Lipinski definition) is 3. The smallest absolute Gasteiger partial charge is 0.244 e. The van der Waals surface area contributed by atoms with Crippen LogP contribution in [0.1, 0.15) is 33.6 Å². The van der Waals surface area contributed by atoms with E-state index >= 15 is 0 Å². The Labute approximate surface area is 133 Å². The van der Waals surface area contributed by atoms with Gasteiger partial charge in [0.25, 0.3) is 0 Å². The van der Waals surface area contributed by atoms with Gasteiger partial charge in [-0.2, -0.15) is 0 Å². The zero-order valence-electron chi connectivity index (χ0n) is 11.9. The van der Waals surface area contributed by atoms with E-state index in [1.165, 1.54) is 0 Å². The first-order valence-corrected chi connectivity index (χ1v) is 7.71. The summed E-state index contributed by atoms with van der Waals surface area (Å²) < 4.78 is 6.23. The van der Waals surface area contributed by atoms with E-state index in [4.69, 9.17) is 22.1 Å². The molecule has 1 unspecified atom stereocenters. The average Bonchev–Trinajstić information content (AvgIpc) is 2.33. The van der Waals surface area contributed by atoms with E-state index in [-0.39, 0.29) is 5.91 Å². The van der Waals surface area contributed by atoms with Crippen molar-refractivity contribution in [1.82, 2.24) is 0 Å². The van der Waals surface area contributed by atoms with Gasteiger partial charge in [-0.15, -0.1) is 0 Å². The Bertz CT molecular complexity index is 492. The number of ether oxygens (including phenoxy) is 1. The minimum atomic E-state index is -0.924. The highest BCUT2D eigenvalue weighted by atomic mass is 79.9. The van der Waals surface area contributed by atoms with E-state index in [0.717, 1.165) is 6.42 Å². The van der Waals surface area contributed by atoms with E-state index in [1.807, 2.05) is 13.8 Å². The molecule has 1 amide bonds. The van der Waals surface area contributed by atoms with Crippen molar-refractivity contribution in [2.75, 3.05) is 11.9 Å². The molecule has 0 saturated carbocycles. The Morgan fingerprint density at radius 2 is 2.15 bits per heavy atom. The summed E-state index contributed by atoms with van der Waals surface area (Å²) in [5, 5.41) is 3.30. The molecule has 0 aliphatic rings. The Morgan fingerprint density at radius 3 is 2.70 bits per heavy atom. The summed E-state index contributed by atoms with van der Waals surface area (Å²) in [4.78, 5) is 12.3. The van der Waals surface area contributed by atoms with Crippen molar-refractivity contribution in [2.24, 2.45) is 5.73 Å². The van der Waals surface area contributed by atoms with Gasteiger partial charge in [-0.1, -0.05) is 24.9 Å². The molecule has 0 fully saturated rings. The molecule has 0 saturated heterocycles. The van der Waals surface area contributed by atoms with Gasteiger partial charge in [-0.3, -0.25) is 4.79 Å². The van der Waals surface area contributed by atoms with Crippen LogP contribution in [0.3, 0.4) is 0 Å². The van der Waals surface area contributed by atoms with Crippen molar-refractivity contribution < 1.29 is 9.53 Å². The molecule has 4 nitrogen and oxygen atoms in total. The summed E-state index contributed by atoms with van der Waals surface area (Å²) in [7, 11) is 0. The van der Waals surface area contributed by atoms with Crippen molar-refractivity contribution in [2.45, 2.75) is 39.2 Å². The maximum atomic E-state index is 12.3. The molecule has 1 atom stereocenters. The van der Waals surface area contributed by atoms with Crippen LogP contribution in [0.4, 0.5) is 5.69 Å². The Kier molecular flexibility index (Phi) is 6.30. The normalized spacial score (nSPS) is 13.7. The molecule has 1 aromatic carbocycles. The molecular formula is C14H20BrClN2O2. The summed E-state index contributed by atoms with van der Waals surface area (Å²) in [5.74, 6) is 0.298. The number of rotatable bonds is 6. The molecular weight excluding hydrogens is 344 g/mol. The minimum absolute atomic E-state index is 0.255. The van der Waals surface area contributed by atoms with Crippen molar-refractivity contribution in [3.63, 3.8) is 0 Å². The van der Waals surface area contributed by atoms with Crippen LogP contribution in [-0.2, 0) is 4.79 Å². The second kappa shape index (κ2) is 7.29. The number of amides is 1. The summed E-state index contributed by atoms with van der Waals surface area (Å²) in [6.45, 7) is 6.06. The average molecular weight is 364 g/mol. The largest absolute Gasteiger partial charge is 0.491 e. The van der Waals surface area contributed by atoms with Gasteiger partial charge in [0.15, 0.2) is 5.75 Å². The predicted octanol–water partition coefficient (Wildman–Crippen LogP) is 3.96. The predicted molar refractivity (Wildman–Crippen MR) is 86.5 cm³/mol. The van der Waals surface area contributed by atoms with Crippen molar-refractivity contribution in [3.8, 4) is 5.75 Å². The zero-order chi connectivity index (χ0) is 15.3.